The Bertz CT molecular complexity index is 356. The molecule has 4 nitrogen and oxygen atoms in total. The van der Waals surface area contributed by atoms with Gasteiger partial charge < -0.3 is 10.1 Å². The number of hydrogen-bond donors (Lipinski definition) is 1. The van der Waals surface area contributed by atoms with Crippen molar-refractivity contribution in [2.75, 3.05) is 26.2 Å². The predicted molar refractivity (Wildman–Crippen MR) is 80.7 cm³/mol. The first kappa shape index (κ1) is 15.8. The second kappa shape index (κ2) is 6.02. The standard InChI is InChI=1S/C16H30N2O2/c1-5-17-16(14(19)20-6-2)8-7-13(11-16)18-10-9-15(3,4)12-18/h13,17H,5-12H2,1-4H3. The van der Waals surface area contributed by atoms with Crippen molar-refractivity contribution in [2.45, 2.75) is 65.0 Å². The molecule has 2 rings (SSSR count). The van der Waals surface area contributed by atoms with Gasteiger partial charge in [0.25, 0.3) is 0 Å². The van der Waals surface area contributed by atoms with E-state index in [0.29, 0.717) is 18.1 Å². The maximum atomic E-state index is 12.3. The fourth-order valence-corrected chi connectivity index (χ4v) is 3.82. The summed E-state index contributed by atoms with van der Waals surface area (Å²) in [4.78, 5) is 14.9. The highest BCUT2D eigenvalue weighted by atomic mass is 16.5. The van der Waals surface area contributed by atoms with E-state index in [1.54, 1.807) is 0 Å². The molecule has 2 aliphatic rings. The van der Waals surface area contributed by atoms with Crippen molar-refractivity contribution in [1.29, 1.82) is 0 Å². The van der Waals surface area contributed by atoms with Gasteiger partial charge in [0.2, 0.25) is 0 Å². The lowest BCUT2D eigenvalue weighted by molar-refractivity contribution is -0.151. The molecule has 0 spiro atoms. The molecule has 1 aliphatic heterocycles. The number of hydrogen-bond acceptors (Lipinski definition) is 4. The third-order valence-electron chi connectivity index (χ3n) is 4.89. The van der Waals surface area contributed by atoms with Crippen LogP contribution in [0.25, 0.3) is 0 Å². The molecule has 1 N–H and O–H groups in total. The second-order valence-corrected chi connectivity index (χ2v) is 7.11. The van der Waals surface area contributed by atoms with Crippen molar-refractivity contribution in [3.63, 3.8) is 0 Å². The van der Waals surface area contributed by atoms with Crippen LogP contribution in [-0.2, 0) is 9.53 Å². The van der Waals surface area contributed by atoms with E-state index in [1.165, 1.54) is 13.0 Å². The minimum atomic E-state index is -0.442. The number of nitrogens with one attached hydrogen (secondary N) is 1. The summed E-state index contributed by atoms with van der Waals surface area (Å²) in [5, 5.41) is 3.42. The SMILES string of the molecule is CCNC1(C(=O)OCC)CCC(N2CCC(C)(C)C2)C1. The van der Waals surface area contributed by atoms with Gasteiger partial charge in [-0.05, 0) is 51.1 Å². The van der Waals surface area contributed by atoms with Gasteiger partial charge >= 0.3 is 5.97 Å². The molecule has 2 fully saturated rings. The fraction of sp³-hybridized carbons (Fsp3) is 0.938. The molecule has 2 unspecified atom stereocenters. The number of carbonyl (C=O) groups excluding carboxylic acids is 1. The zero-order valence-electron chi connectivity index (χ0n) is 13.5. The number of nitrogens with zero attached hydrogens (tertiary/aromatic N) is 1. The Hall–Kier alpha value is -0.610. The molecule has 0 bridgehead atoms. The zero-order chi connectivity index (χ0) is 14.8. The summed E-state index contributed by atoms with van der Waals surface area (Å²) in [5.74, 6) is -0.0530. The van der Waals surface area contributed by atoms with E-state index in [-0.39, 0.29) is 5.97 Å². The molecule has 1 saturated heterocycles. The third-order valence-corrected chi connectivity index (χ3v) is 4.89. The van der Waals surface area contributed by atoms with Gasteiger partial charge in [-0.3, -0.25) is 9.69 Å². The topological polar surface area (TPSA) is 41.6 Å². The van der Waals surface area contributed by atoms with Crippen LogP contribution in [0.5, 0.6) is 0 Å². The van der Waals surface area contributed by atoms with Crippen LogP contribution in [0.2, 0.25) is 0 Å². The van der Waals surface area contributed by atoms with Crippen molar-refractivity contribution in [1.82, 2.24) is 10.2 Å². The summed E-state index contributed by atoms with van der Waals surface area (Å²) < 4.78 is 5.31. The number of esters is 1. The third kappa shape index (κ3) is 3.17. The summed E-state index contributed by atoms with van der Waals surface area (Å²) >= 11 is 0. The van der Waals surface area contributed by atoms with Crippen LogP contribution in [-0.4, -0.2) is 48.7 Å². The summed E-state index contributed by atoms with van der Waals surface area (Å²) in [6.45, 7) is 12.2. The molecule has 20 heavy (non-hydrogen) atoms. The first-order valence-corrected chi connectivity index (χ1v) is 8.09. The normalized spacial score (nSPS) is 33.5. The minimum absolute atomic E-state index is 0.0530. The van der Waals surface area contributed by atoms with Gasteiger partial charge in [-0.2, -0.15) is 0 Å². The van der Waals surface area contributed by atoms with Crippen molar-refractivity contribution < 1.29 is 9.53 Å². The molecule has 1 saturated carbocycles. The van der Waals surface area contributed by atoms with Gasteiger partial charge in [0.1, 0.15) is 5.54 Å². The quantitative estimate of drug-likeness (QED) is 0.785. The molecule has 0 aromatic carbocycles. The highest BCUT2D eigenvalue weighted by Gasteiger charge is 2.48. The van der Waals surface area contributed by atoms with E-state index in [1.807, 2.05) is 6.92 Å². The summed E-state index contributed by atoms with van der Waals surface area (Å²) in [5.41, 5.74) is -0.0183. The molecule has 116 valence electrons. The minimum Gasteiger partial charge on any atom is -0.465 e. The molecule has 0 radical (unpaired) electrons. The van der Waals surface area contributed by atoms with Crippen molar-refractivity contribution in [3.8, 4) is 0 Å². The van der Waals surface area contributed by atoms with Crippen LogP contribution in [0.1, 0.15) is 53.4 Å². The number of carbonyl (C=O) groups is 1. The van der Waals surface area contributed by atoms with E-state index in [9.17, 15) is 4.79 Å². The molecule has 2 atom stereocenters. The first-order valence-electron chi connectivity index (χ1n) is 8.09. The Balaban J connectivity index is 2.02. The van der Waals surface area contributed by atoms with E-state index >= 15 is 0 Å². The van der Waals surface area contributed by atoms with Crippen LogP contribution in [0.15, 0.2) is 0 Å². The molecule has 1 aliphatic carbocycles. The van der Waals surface area contributed by atoms with Gasteiger partial charge in [-0.1, -0.05) is 20.8 Å². The zero-order valence-corrected chi connectivity index (χ0v) is 13.5. The molecular formula is C16H30N2O2. The largest absolute Gasteiger partial charge is 0.465 e. The number of likely N-dealkylation sites (N-methyl/N-ethyl adjacent to an activating group) is 1. The predicted octanol–water partition coefficient (Wildman–Crippen LogP) is 2.18. The summed E-state index contributed by atoms with van der Waals surface area (Å²) in [6, 6.07) is 0.528. The highest BCUT2D eigenvalue weighted by molar-refractivity contribution is 5.81. The van der Waals surface area contributed by atoms with E-state index in [2.05, 4.69) is 31.0 Å². The maximum absolute atomic E-state index is 12.3. The van der Waals surface area contributed by atoms with Crippen molar-refractivity contribution in [2.24, 2.45) is 5.41 Å². The Kier molecular flexibility index (Phi) is 4.75. The summed E-state index contributed by atoms with van der Waals surface area (Å²) in [7, 11) is 0. The monoisotopic (exact) mass is 282 g/mol. The van der Waals surface area contributed by atoms with Crippen LogP contribution in [0.3, 0.4) is 0 Å². The maximum Gasteiger partial charge on any atom is 0.326 e. The first-order chi connectivity index (χ1) is 9.42. The van der Waals surface area contributed by atoms with Gasteiger partial charge in [0.05, 0.1) is 6.61 Å². The Morgan fingerprint density at radius 2 is 2.10 bits per heavy atom. The average Bonchev–Trinajstić information content (AvgIpc) is 2.95. The van der Waals surface area contributed by atoms with E-state index in [4.69, 9.17) is 4.74 Å². The lowest BCUT2D eigenvalue weighted by Gasteiger charge is -2.30. The van der Waals surface area contributed by atoms with E-state index < -0.39 is 5.54 Å². The van der Waals surface area contributed by atoms with Crippen LogP contribution in [0.4, 0.5) is 0 Å². The summed E-state index contributed by atoms with van der Waals surface area (Å²) in [6.07, 6.45) is 4.16. The molecule has 1 heterocycles. The van der Waals surface area contributed by atoms with Gasteiger partial charge in [0.15, 0.2) is 0 Å². The fourth-order valence-electron chi connectivity index (χ4n) is 3.82. The Morgan fingerprint density at radius 1 is 1.35 bits per heavy atom. The smallest absolute Gasteiger partial charge is 0.326 e. The molecule has 0 aromatic rings. The van der Waals surface area contributed by atoms with Crippen molar-refractivity contribution in [3.05, 3.63) is 0 Å². The molecular weight excluding hydrogens is 252 g/mol. The van der Waals surface area contributed by atoms with Crippen LogP contribution >= 0.6 is 0 Å². The molecule has 4 heteroatoms. The Morgan fingerprint density at radius 3 is 2.65 bits per heavy atom. The second-order valence-electron chi connectivity index (χ2n) is 7.11. The van der Waals surface area contributed by atoms with Crippen molar-refractivity contribution >= 4 is 5.97 Å². The van der Waals surface area contributed by atoms with Gasteiger partial charge in [-0.25, -0.2) is 0 Å². The molecule has 0 aromatic heterocycles. The number of likely N-dealkylation sites (tertiary alicyclic amines) is 1. The van der Waals surface area contributed by atoms with Gasteiger partial charge in [0, 0.05) is 12.6 Å². The lowest BCUT2D eigenvalue weighted by Crippen LogP contribution is -2.52. The van der Waals surface area contributed by atoms with Crippen LogP contribution < -0.4 is 5.32 Å². The molecule has 0 amide bonds. The van der Waals surface area contributed by atoms with Crippen LogP contribution in [0, 0.1) is 5.41 Å². The van der Waals surface area contributed by atoms with Gasteiger partial charge in [-0.15, -0.1) is 0 Å². The average molecular weight is 282 g/mol. The number of ether oxygens (including phenoxy) is 1. The number of rotatable bonds is 5. The lowest BCUT2D eigenvalue weighted by atomic mass is 9.93. The van der Waals surface area contributed by atoms with E-state index in [0.717, 1.165) is 32.4 Å². The highest BCUT2D eigenvalue weighted by Crippen LogP contribution is 2.39. The Labute approximate surface area is 123 Å².